The van der Waals surface area contributed by atoms with Crippen LogP contribution in [-0.2, 0) is 26.0 Å². The lowest BCUT2D eigenvalue weighted by Crippen LogP contribution is -2.34. The summed E-state index contributed by atoms with van der Waals surface area (Å²) < 4.78 is 22.5. The second kappa shape index (κ2) is 8.44. The summed E-state index contributed by atoms with van der Waals surface area (Å²) in [5.41, 5.74) is 0.913. The van der Waals surface area contributed by atoms with Gasteiger partial charge in [0.1, 0.15) is 0 Å². The van der Waals surface area contributed by atoms with Crippen molar-refractivity contribution in [2.24, 2.45) is 11.1 Å². The number of nitrogens with one attached hydrogen (secondary N) is 1. The maximum absolute atomic E-state index is 12.1. The first-order chi connectivity index (χ1) is 11.8. The first-order valence-electron chi connectivity index (χ1n) is 8.48. The number of carbonyl (C=O) groups is 2. The van der Waals surface area contributed by atoms with E-state index >= 15 is 0 Å². The maximum Gasteiger partial charge on any atom is 0.238 e. The van der Waals surface area contributed by atoms with Crippen LogP contribution in [0.1, 0.15) is 31.7 Å². The standard InChI is InChI=1S/C17H25N3O4S/c1-2-3-9-19-17(22)14-11-16(21)20(12-14)10-8-13-4-6-15(7-5-13)25(18,23)24/h4-7,14H,2-3,8-12H2,1H3,(H,19,22)(H2,18,23,24). The second-order valence-electron chi connectivity index (χ2n) is 6.32. The summed E-state index contributed by atoms with van der Waals surface area (Å²) in [6.07, 6.45) is 2.80. The number of unbranched alkanes of at least 4 members (excludes halogenated alkanes) is 1. The van der Waals surface area contributed by atoms with Gasteiger partial charge in [0.25, 0.3) is 0 Å². The first kappa shape index (κ1) is 19.4. The van der Waals surface area contributed by atoms with E-state index in [0.29, 0.717) is 26.1 Å². The van der Waals surface area contributed by atoms with Crippen LogP contribution in [0.4, 0.5) is 0 Å². The van der Waals surface area contributed by atoms with Crippen molar-refractivity contribution < 1.29 is 18.0 Å². The topological polar surface area (TPSA) is 110 Å². The summed E-state index contributed by atoms with van der Waals surface area (Å²) in [6, 6.07) is 6.30. The van der Waals surface area contributed by atoms with Gasteiger partial charge in [-0.1, -0.05) is 25.5 Å². The number of carbonyl (C=O) groups excluding carboxylic acids is 2. The van der Waals surface area contributed by atoms with E-state index in [1.165, 1.54) is 12.1 Å². The molecule has 1 aromatic rings. The van der Waals surface area contributed by atoms with E-state index in [1.54, 1.807) is 17.0 Å². The van der Waals surface area contributed by atoms with Crippen molar-refractivity contribution in [2.45, 2.75) is 37.5 Å². The number of nitrogens with two attached hydrogens (primary N) is 1. The number of nitrogens with zero attached hydrogens (tertiary/aromatic N) is 1. The van der Waals surface area contributed by atoms with Crippen molar-refractivity contribution in [3.63, 3.8) is 0 Å². The summed E-state index contributed by atoms with van der Waals surface area (Å²) in [6.45, 7) is 3.65. The number of hydrogen-bond acceptors (Lipinski definition) is 4. The zero-order chi connectivity index (χ0) is 18.4. The van der Waals surface area contributed by atoms with Gasteiger partial charge in [0.05, 0.1) is 10.8 Å². The fourth-order valence-electron chi connectivity index (χ4n) is 2.81. The highest BCUT2D eigenvalue weighted by Crippen LogP contribution is 2.19. The van der Waals surface area contributed by atoms with Gasteiger partial charge in [-0.25, -0.2) is 13.6 Å². The van der Waals surface area contributed by atoms with Crippen LogP contribution in [-0.4, -0.2) is 44.8 Å². The molecule has 1 fully saturated rings. The lowest BCUT2D eigenvalue weighted by Gasteiger charge is -2.16. The van der Waals surface area contributed by atoms with E-state index in [-0.39, 0.29) is 29.0 Å². The minimum atomic E-state index is -3.69. The quantitative estimate of drug-likeness (QED) is 0.657. The monoisotopic (exact) mass is 367 g/mol. The third-order valence-electron chi connectivity index (χ3n) is 4.34. The molecule has 1 saturated heterocycles. The zero-order valence-electron chi connectivity index (χ0n) is 14.4. The van der Waals surface area contributed by atoms with Crippen molar-refractivity contribution in [3.05, 3.63) is 29.8 Å². The first-order valence-corrected chi connectivity index (χ1v) is 10.0. The molecule has 0 aliphatic carbocycles. The van der Waals surface area contributed by atoms with Crippen LogP contribution in [0.2, 0.25) is 0 Å². The van der Waals surface area contributed by atoms with E-state index in [1.807, 2.05) is 0 Å². The van der Waals surface area contributed by atoms with Crippen LogP contribution in [0.15, 0.2) is 29.2 Å². The van der Waals surface area contributed by atoms with Gasteiger partial charge in [0, 0.05) is 26.1 Å². The smallest absolute Gasteiger partial charge is 0.238 e. The molecule has 3 N–H and O–H groups in total. The predicted molar refractivity (Wildman–Crippen MR) is 94.1 cm³/mol. The van der Waals surface area contributed by atoms with Gasteiger partial charge in [0.2, 0.25) is 21.8 Å². The minimum Gasteiger partial charge on any atom is -0.356 e. The highest BCUT2D eigenvalue weighted by molar-refractivity contribution is 7.89. The summed E-state index contributed by atoms with van der Waals surface area (Å²) in [5, 5.41) is 7.94. The van der Waals surface area contributed by atoms with Crippen molar-refractivity contribution in [2.75, 3.05) is 19.6 Å². The summed E-state index contributed by atoms with van der Waals surface area (Å²) in [4.78, 5) is 25.9. The van der Waals surface area contributed by atoms with Crippen LogP contribution < -0.4 is 10.5 Å². The van der Waals surface area contributed by atoms with Gasteiger partial charge >= 0.3 is 0 Å². The molecule has 7 nitrogen and oxygen atoms in total. The number of primary sulfonamides is 1. The fourth-order valence-corrected chi connectivity index (χ4v) is 3.32. The average Bonchev–Trinajstić information content (AvgIpc) is 2.94. The highest BCUT2D eigenvalue weighted by atomic mass is 32.2. The SMILES string of the molecule is CCCCNC(=O)C1CC(=O)N(CCc2ccc(S(N)(=O)=O)cc2)C1. The Hall–Kier alpha value is -1.93. The third kappa shape index (κ3) is 5.54. The average molecular weight is 367 g/mol. The summed E-state index contributed by atoms with van der Waals surface area (Å²) >= 11 is 0. The number of benzene rings is 1. The van der Waals surface area contributed by atoms with Crippen molar-refractivity contribution in [3.8, 4) is 0 Å². The Kier molecular flexibility index (Phi) is 6.55. The van der Waals surface area contributed by atoms with Gasteiger partial charge in [-0.3, -0.25) is 9.59 Å². The van der Waals surface area contributed by atoms with Crippen LogP contribution in [0, 0.1) is 5.92 Å². The molecule has 1 aliphatic rings. The van der Waals surface area contributed by atoms with Crippen molar-refractivity contribution >= 4 is 21.8 Å². The van der Waals surface area contributed by atoms with Crippen LogP contribution >= 0.6 is 0 Å². The van der Waals surface area contributed by atoms with Gasteiger partial charge in [0.15, 0.2) is 0 Å². The van der Waals surface area contributed by atoms with E-state index < -0.39 is 10.0 Å². The lowest BCUT2D eigenvalue weighted by molar-refractivity contribution is -0.129. The zero-order valence-corrected chi connectivity index (χ0v) is 15.2. The van der Waals surface area contributed by atoms with Gasteiger partial charge in [-0.05, 0) is 30.5 Å². The molecule has 2 amide bonds. The number of rotatable bonds is 8. The van der Waals surface area contributed by atoms with Crippen molar-refractivity contribution in [1.82, 2.24) is 10.2 Å². The molecule has 0 bridgehead atoms. The number of likely N-dealkylation sites (tertiary alicyclic amines) is 1. The molecule has 0 radical (unpaired) electrons. The predicted octanol–water partition coefficient (Wildman–Crippen LogP) is 0.641. The molecular weight excluding hydrogens is 342 g/mol. The molecule has 1 aliphatic heterocycles. The molecule has 2 rings (SSSR count). The lowest BCUT2D eigenvalue weighted by atomic mass is 10.1. The molecule has 1 aromatic carbocycles. The molecule has 1 heterocycles. The molecular formula is C17H25N3O4S. The van der Waals surface area contributed by atoms with E-state index in [2.05, 4.69) is 12.2 Å². The highest BCUT2D eigenvalue weighted by Gasteiger charge is 2.33. The summed E-state index contributed by atoms with van der Waals surface area (Å²) in [7, 11) is -3.69. The van der Waals surface area contributed by atoms with Crippen LogP contribution in [0.25, 0.3) is 0 Å². The Labute approximate surface area is 148 Å². The van der Waals surface area contributed by atoms with Crippen LogP contribution in [0.3, 0.4) is 0 Å². The Morgan fingerprint density at radius 3 is 2.60 bits per heavy atom. The van der Waals surface area contributed by atoms with E-state index in [4.69, 9.17) is 5.14 Å². The van der Waals surface area contributed by atoms with Gasteiger partial charge in [-0.15, -0.1) is 0 Å². The fraction of sp³-hybridized carbons (Fsp3) is 0.529. The molecule has 1 unspecified atom stereocenters. The van der Waals surface area contributed by atoms with Gasteiger partial charge < -0.3 is 10.2 Å². The molecule has 0 spiro atoms. The van der Waals surface area contributed by atoms with Crippen molar-refractivity contribution in [1.29, 1.82) is 0 Å². The van der Waals surface area contributed by atoms with E-state index in [0.717, 1.165) is 18.4 Å². The molecule has 0 saturated carbocycles. The van der Waals surface area contributed by atoms with E-state index in [9.17, 15) is 18.0 Å². The Bertz CT molecular complexity index is 716. The molecule has 1 atom stereocenters. The van der Waals surface area contributed by atoms with Crippen LogP contribution in [0.5, 0.6) is 0 Å². The Morgan fingerprint density at radius 1 is 1.32 bits per heavy atom. The van der Waals surface area contributed by atoms with Gasteiger partial charge in [-0.2, -0.15) is 0 Å². The molecule has 138 valence electrons. The molecule has 0 aromatic heterocycles. The normalized spacial score (nSPS) is 17.8. The second-order valence-corrected chi connectivity index (χ2v) is 7.89. The molecule has 25 heavy (non-hydrogen) atoms. The number of amides is 2. The third-order valence-corrected chi connectivity index (χ3v) is 5.27. The Morgan fingerprint density at radius 2 is 2.00 bits per heavy atom. The summed E-state index contributed by atoms with van der Waals surface area (Å²) in [5.74, 6) is -0.354. The number of hydrogen-bond donors (Lipinski definition) is 2. The largest absolute Gasteiger partial charge is 0.356 e. The Balaban J connectivity index is 1.85. The number of sulfonamides is 1. The molecule has 8 heteroatoms. The minimum absolute atomic E-state index is 0.0169. The maximum atomic E-state index is 12.1.